The topological polar surface area (TPSA) is 42.7 Å². The Morgan fingerprint density at radius 3 is 2.69 bits per heavy atom. The highest BCUT2D eigenvalue weighted by molar-refractivity contribution is 5.95. The molecule has 2 heterocycles. The molecule has 1 aromatic heterocycles. The van der Waals surface area contributed by atoms with Gasteiger partial charge >= 0.3 is 0 Å². The number of nitrogens with zero attached hydrogens (tertiary/aromatic N) is 1. The molecule has 2 aliphatic rings. The van der Waals surface area contributed by atoms with Crippen molar-refractivity contribution in [1.82, 2.24) is 4.90 Å². The van der Waals surface area contributed by atoms with Crippen LogP contribution in [0.3, 0.4) is 0 Å². The lowest BCUT2D eigenvalue weighted by atomic mass is 9.88. The van der Waals surface area contributed by atoms with Crippen LogP contribution in [0, 0.1) is 18.8 Å². The Hall–Kier alpha value is -2.07. The molecule has 2 aromatic rings. The molecule has 1 amide bonds. The van der Waals surface area contributed by atoms with Gasteiger partial charge in [-0.25, -0.2) is 0 Å². The molecule has 0 radical (unpaired) electrons. The number of hydrogen-bond acceptors (Lipinski definition) is 3. The number of rotatable bonds is 6. The number of piperidine rings is 1. The lowest BCUT2D eigenvalue weighted by Crippen LogP contribution is -2.47. The molecule has 4 nitrogen and oxygen atoms in total. The van der Waals surface area contributed by atoms with E-state index in [0.717, 1.165) is 38.5 Å². The smallest absolute Gasteiger partial charge is 0.257 e. The average Bonchev–Trinajstić information content (AvgIpc) is 3.40. The van der Waals surface area contributed by atoms with Crippen LogP contribution in [0.2, 0.25) is 0 Å². The Morgan fingerprint density at radius 2 is 2.00 bits per heavy atom. The molecule has 2 atom stereocenters. The Morgan fingerprint density at radius 1 is 1.19 bits per heavy atom. The minimum atomic E-state index is 0.0787. The summed E-state index contributed by atoms with van der Waals surface area (Å²) in [5.74, 6) is 1.87. The normalized spacial score (nSPS) is 23.2. The second-order valence-corrected chi connectivity index (χ2v) is 7.70. The summed E-state index contributed by atoms with van der Waals surface area (Å²) in [5.41, 5.74) is 1.99. The van der Waals surface area contributed by atoms with Crippen molar-refractivity contribution in [2.45, 2.75) is 38.7 Å². The molecule has 1 saturated carbocycles. The van der Waals surface area contributed by atoms with Gasteiger partial charge in [-0.15, -0.1) is 0 Å². The molecule has 1 aliphatic carbocycles. The lowest BCUT2D eigenvalue weighted by Gasteiger charge is -2.38. The van der Waals surface area contributed by atoms with Crippen molar-refractivity contribution in [1.29, 1.82) is 0 Å². The number of benzene rings is 1. The van der Waals surface area contributed by atoms with Crippen LogP contribution in [0.4, 0.5) is 0 Å². The molecule has 4 rings (SSSR count). The van der Waals surface area contributed by atoms with Crippen LogP contribution in [0.25, 0.3) is 0 Å². The zero-order valence-electron chi connectivity index (χ0n) is 15.4. The summed E-state index contributed by atoms with van der Waals surface area (Å²) in [6.45, 7) is 4.22. The first-order chi connectivity index (χ1) is 12.7. The summed E-state index contributed by atoms with van der Waals surface area (Å²) in [5, 5.41) is 0. The van der Waals surface area contributed by atoms with Crippen LogP contribution in [-0.2, 0) is 11.2 Å². The van der Waals surface area contributed by atoms with E-state index in [2.05, 4.69) is 24.3 Å². The molecule has 138 valence electrons. The van der Waals surface area contributed by atoms with Crippen molar-refractivity contribution >= 4 is 5.91 Å². The number of likely N-dealkylation sites (tertiary alicyclic amines) is 1. The fraction of sp³-hybridized carbons (Fsp3) is 0.500. The first-order valence-electron chi connectivity index (χ1n) is 9.69. The van der Waals surface area contributed by atoms with Crippen LogP contribution in [0.15, 0.2) is 47.1 Å². The van der Waals surface area contributed by atoms with Gasteiger partial charge in [0.25, 0.3) is 5.91 Å². The predicted molar refractivity (Wildman–Crippen MR) is 100 cm³/mol. The average molecular weight is 353 g/mol. The molecule has 0 N–H and O–H groups in total. The quantitative estimate of drug-likeness (QED) is 0.786. The maximum atomic E-state index is 12.9. The van der Waals surface area contributed by atoms with Crippen molar-refractivity contribution in [2.75, 3.05) is 19.7 Å². The first-order valence-corrected chi connectivity index (χ1v) is 9.69. The lowest BCUT2D eigenvalue weighted by molar-refractivity contribution is -0.0326. The SMILES string of the molecule is Cc1occc1C(=O)N1CC[C@H](OCC2CC2)[C@H](Cc2ccccc2)C1. The van der Waals surface area contributed by atoms with E-state index >= 15 is 0 Å². The van der Waals surface area contributed by atoms with Gasteiger partial charge in [-0.2, -0.15) is 0 Å². The molecule has 2 fully saturated rings. The van der Waals surface area contributed by atoms with Gasteiger partial charge in [-0.05, 0) is 50.2 Å². The maximum Gasteiger partial charge on any atom is 0.257 e. The maximum absolute atomic E-state index is 12.9. The van der Waals surface area contributed by atoms with E-state index in [0.29, 0.717) is 17.2 Å². The van der Waals surface area contributed by atoms with E-state index in [1.54, 1.807) is 12.3 Å². The van der Waals surface area contributed by atoms with E-state index in [-0.39, 0.29) is 12.0 Å². The minimum Gasteiger partial charge on any atom is -0.469 e. The number of carbonyl (C=O) groups excluding carboxylic acids is 1. The third-order valence-electron chi connectivity index (χ3n) is 5.62. The van der Waals surface area contributed by atoms with Crippen molar-refractivity contribution < 1.29 is 13.9 Å². The highest BCUT2D eigenvalue weighted by Crippen LogP contribution is 2.32. The van der Waals surface area contributed by atoms with Crippen LogP contribution >= 0.6 is 0 Å². The fourth-order valence-electron chi connectivity index (χ4n) is 3.85. The van der Waals surface area contributed by atoms with Gasteiger partial charge in [0.05, 0.1) is 17.9 Å². The number of aryl methyl sites for hydroxylation is 1. The van der Waals surface area contributed by atoms with Gasteiger partial charge < -0.3 is 14.1 Å². The Balaban J connectivity index is 1.46. The van der Waals surface area contributed by atoms with Gasteiger partial charge in [-0.3, -0.25) is 4.79 Å². The second kappa shape index (κ2) is 7.67. The van der Waals surface area contributed by atoms with Crippen LogP contribution < -0.4 is 0 Å². The van der Waals surface area contributed by atoms with E-state index in [9.17, 15) is 4.79 Å². The Labute approximate surface area is 155 Å². The van der Waals surface area contributed by atoms with Crippen LogP contribution in [-0.4, -0.2) is 36.6 Å². The summed E-state index contributed by atoms with van der Waals surface area (Å²) < 4.78 is 11.6. The molecule has 1 aromatic carbocycles. The van der Waals surface area contributed by atoms with Crippen molar-refractivity contribution in [3.63, 3.8) is 0 Å². The zero-order valence-corrected chi connectivity index (χ0v) is 15.4. The number of hydrogen-bond donors (Lipinski definition) is 0. The van der Waals surface area contributed by atoms with Gasteiger partial charge in [0.15, 0.2) is 0 Å². The molecule has 1 aliphatic heterocycles. The van der Waals surface area contributed by atoms with Gasteiger partial charge in [0, 0.05) is 25.6 Å². The van der Waals surface area contributed by atoms with Crippen LogP contribution in [0.1, 0.15) is 40.9 Å². The number of carbonyl (C=O) groups is 1. The molecule has 0 unspecified atom stereocenters. The van der Waals surface area contributed by atoms with E-state index in [1.165, 1.54) is 18.4 Å². The van der Waals surface area contributed by atoms with Gasteiger partial charge in [0.2, 0.25) is 0 Å². The number of amides is 1. The van der Waals surface area contributed by atoms with Gasteiger partial charge in [0.1, 0.15) is 5.76 Å². The summed E-state index contributed by atoms with van der Waals surface area (Å²) in [4.78, 5) is 14.9. The molecular weight excluding hydrogens is 326 g/mol. The Kier molecular flexibility index (Phi) is 5.11. The first kappa shape index (κ1) is 17.3. The Bertz CT molecular complexity index is 735. The third-order valence-corrected chi connectivity index (χ3v) is 5.62. The van der Waals surface area contributed by atoms with Crippen molar-refractivity contribution in [2.24, 2.45) is 11.8 Å². The van der Waals surface area contributed by atoms with E-state index in [1.807, 2.05) is 17.9 Å². The standard InChI is InChI=1S/C22H27NO3/c1-16-20(10-12-25-16)22(24)23-11-9-21(26-15-18-7-8-18)19(14-23)13-17-5-3-2-4-6-17/h2-6,10,12,18-19,21H,7-9,11,13-15H2,1H3/t19-,21+/m1/s1. The number of ether oxygens (including phenoxy) is 1. The summed E-state index contributed by atoms with van der Waals surface area (Å²) >= 11 is 0. The summed E-state index contributed by atoms with van der Waals surface area (Å²) in [7, 11) is 0. The third kappa shape index (κ3) is 4.01. The summed E-state index contributed by atoms with van der Waals surface area (Å²) in [6.07, 6.45) is 6.30. The molecule has 0 spiro atoms. The van der Waals surface area contributed by atoms with Crippen molar-refractivity contribution in [3.05, 3.63) is 59.5 Å². The molecule has 26 heavy (non-hydrogen) atoms. The van der Waals surface area contributed by atoms with E-state index in [4.69, 9.17) is 9.15 Å². The second-order valence-electron chi connectivity index (χ2n) is 7.70. The van der Waals surface area contributed by atoms with Crippen LogP contribution in [0.5, 0.6) is 0 Å². The molecule has 1 saturated heterocycles. The number of furan rings is 1. The minimum absolute atomic E-state index is 0.0787. The zero-order chi connectivity index (χ0) is 17.9. The molecular formula is C22H27NO3. The van der Waals surface area contributed by atoms with Crippen molar-refractivity contribution in [3.8, 4) is 0 Å². The van der Waals surface area contributed by atoms with Gasteiger partial charge in [-0.1, -0.05) is 30.3 Å². The monoisotopic (exact) mass is 353 g/mol. The molecule has 0 bridgehead atoms. The highest BCUT2D eigenvalue weighted by atomic mass is 16.5. The fourth-order valence-corrected chi connectivity index (χ4v) is 3.85. The summed E-state index contributed by atoms with van der Waals surface area (Å²) in [6, 6.07) is 12.3. The predicted octanol–water partition coefficient (Wildman–Crippen LogP) is 4.09. The van der Waals surface area contributed by atoms with E-state index < -0.39 is 0 Å². The molecule has 4 heteroatoms. The largest absolute Gasteiger partial charge is 0.469 e. The highest BCUT2D eigenvalue weighted by Gasteiger charge is 2.34.